The maximum absolute atomic E-state index is 11.5. The molecule has 1 aliphatic rings. The number of nitrogens with zero attached hydrogens (tertiary/aromatic N) is 2. The van der Waals surface area contributed by atoms with E-state index in [1.54, 1.807) is 6.07 Å². The van der Waals surface area contributed by atoms with Crippen LogP contribution in [0.1, 0.15) is 21.6 Å². The van der Waals surface area contributed by atoms with Crippen LogP contribution in [0.15, 0.2) is 12.1 Å². The number of carbonyl (C=O) groups excluding carboxylic acids is 1. The predicted molar refractivity (Wildman–Crippen MR) is 77.2 cm³/mol. The third-order valence-electron chi connectivity index (χ3n) is 3.56. The van der Waals surface area contributed by atoms with Crippen molar-refractivity contribution < 1.29 is 4.79 Å². The molecule has 1 aromatic carbocycles. The number of fused-ring (bicyclic) bond motifs is 2. The summed E-state index contributed by atoms with van der Waals surface area (Å²) in [5, 5.41) is 1.66. The fourth-order valence-electron chi connectivity index (χ4n) is 2.55. The molecule has 0 aliphatic carbocycles. The Morgan fingerprint density at radius 2 is 2.16 bits per heavy atom. The molecule has 98 valence electrons. The van der Waals surface area contributed by atoms with Crippen molar-refractivity contribution in [2.24, 2.45) is 0 Å². The van der Waals surface area contributed by atoms with Crippen LogP contribution in [0.2, 0.25) is 10.0 Å². The second-order valence-electron chi connectivity index (χ2n) is 4.81. The molecule has 0 N–H and O–H groups in total. The summed E-state index contributed by atoms with van der Waals surface area (Å²) in [7, 11) is 2.04. The molecule has 0 saturated carbocycles. The van der Waals surface area contributed by atoms with Crippen molar-refractivity contribution in [3.05, 3.63) is 39.0 Å². The maximum Gasteiger partial charge on any atom is 0.151 e. The number of halogens is 2. The second kappa shape index (κ2) is 4.75. The zero-order valence-corrected chi connectivity index (χ0v) is 11.9. The molecule has 1 aromatic heterocycles. The van der Waals surface area contributed by atoms with Gasteiger partial charge >= 0.3 is 0 Å². The van der Waals surface area contributed by atoms with E-state index in [2.05, 4.69) is 9.88 Å². The monoisotopic (exact) mass is 294 g/mol. The van der Waals surface area contributed by atoms with Crippen molar-refractivity contribution in [3.8, 4) is 0 Å². The zero-order valence-electron chi connectivity index (χ0n) is 10.4. The highest BCUT2D eigenvalue weighted by atomic mass is 35.5. The van der Waals surface area contributed by atoms with Crippen LogP contribution in [0, 0.1) is 0 Å². The molecule has 0 fully saturated rings. The van der Waals surface area contributed by atoms with Gasteiger partial charge in [0.05, 0.1) is 15.6 Å². The van der Waals surface area contributed by atoms with Crippen LogP contribution in [0.3, 0.4) is 0 Å². The molecule has 0 saturated heterocycles. The quantitative estimate of drug-likeness (QED) is 0.756. The van der Waals surface area contributed by atoms with Crippen LogP contribution in [0.25, 0.3) is 10.9 Å². The molecule has 0 atom stereocenters. The average Bonchev–Trinajstić information content (AvgIpc) is 2.41. The molecular weight excluding hydrogens is 283 g/mol. The molecule has 0 unspecified atom stereocenters. The van der Waals surface area contributed by atoms with E-state index < -0.39 is 0 Å². The van der Waals surface area contributed by atoms with Gasteiger partial charge in [-0.25, -0.2) is 0 Å². The van der Waals surface area contributed by atoms with Gasteiger partial charge in [0, 0.05) is 36.2 Å². The molecular formula is C14H12Cl2N2O. The Bertz CT molecular complexity index is 685. The lowest BCUT2D eigenvalue weighted by Crippen LogP contribution is -2.28. The van der Waals surface area contributed by atoms with Crippen molar-refractivity contribution in [1.82, 2.24) is 9.88 Å². The van der Waals surface area contributed by atoms with Crippen molar-refractivity contribution in [2.75, 3.05) is 13.6 Å². The lowest BCUT2D eigenvalue weighted by molar-refractivity contribution is 0.112. The third kappa shape index (κ3) is 2.02. The maximum atomic E-state index is 11.5. The Balaban J connectivity index is 2.38. The van der Waals surface area contributed by atoms with Crippen LogP contribution >= 0.6 is 23.2 Å². The minimum Gasteiger partial charge on any atom is -0.302 e. The lowest BCUT2D eigenvalue weighted by atomic mass is 9.97. The topological polar surface area (TPSA) is 33.2 Å². The summed E-state index contributed by atoms with van der Waals surface area (Å²) in [5.74, 6) is 0. The Morgan fingerprint density at radius 1 is 1.37 bits per heavy atom. The lowest BCUT2D eigenvalue weighted by Gasteiger charge is -2.26. The van der Waals surface area contributed by atoms with E-state index in [1.807, 2.05) is 13.1 Å². The number of pyridine rings is 1. The number of aldehydes is 1. The first-order valence-corrected chi connectivity index (χ1v) is 6.80. The van der Waals surface area contributed by atoms with Crippen LogP contribution in [0.4, 0.5) is 0 Å². The van der Waals surface area contributed by atoms with Gasteiger partial charge in [0.25, 0.3) is 0 Å². The summed E-state index contributed by atoms with van der Waals surface area (Å²) in [6.45, 7) is 1.68. The van der Waals surface area contributed by atoms with E-state index in [1.165, 1.54) is 0 Å². The Hall–Kier alpha value is -1.16. The standard InChI is InChI=1S/C14H12Cl2N2O/c1-18-5-4-12-9(6-18)10(7-19)8-2-3-11(15)13(16)14(8)17-12/h2-3,7H,4-6H2,1H3. The van der Waals surface area contributed by atoms with Gasteiger partial charge in [0.1, 0.15) is 0 Å². The van der Waals surface area contributed by atoms with E-state index in [0.29, 0.717) is 21.1 Å². The minimum absolute atomic E-state index is 0.420. The number of hydrogen-bond acceptors (Lipinski definition) is 3. The zero-order chi connectivity index (χ0) is 13.6. The molecule has 0 spiro atoms. The summed E-state index contributed by atoms with van der Waals surface area (Å²) in [5.41, 5.74) is 3.27. The number of likely N-dealkylation sites (N-methyl/N-ethyl adjacent to an activating group) is 1. The summed E-state index contributed by atoms with van der Waals surface area (Å²) in [4.78, 5) is 18.3. The largest absolute Gasteiger partial charge is 0.302 e. The fourth-order valence-corrected chi connectivity index (χ4v) is 2.91. The Labute approximate surface area is 121 Å². The summed E-state index contributed by atoms with van der Waals surface area (Å²) in [6, 6.07) is 3.52. The highest BCUT2D eigenvalue weighted by Gasteiger charge is 2.21. The molecule has 19 heavy (non-hydrogen) atoms. The molecule has 0 bridgehead atoms. The Kier molecular flexibility index (Phi) is 3.21. The predicted octanol–water partition coefficient (Wildman–Crippen LogP) is 3.34. The molecule has 2 heterocycles. The number of rotatable bonds is 1. The van der Waals surface area contributed by atoms with Crippen molar-refractivity contribution in [3.63, 3.8) is 0 Å². The smallest absolute Gasteiger partial charge is 0.151 e. The molecule has 3 rings (SSSR count). The second-order valence-corrected chi connectivity index (χ2v) is 5.60. The van der Waals surface area contributed by atoms with Gasteiger partial charge in [0.2, 0.25) is 0 Å². The van der Waals surface area contributed by atoms with Crippen LogP contribution in [-0.4, -0.2) is 29.8 Å². The van der Waals surface area contributed by atoms with Crippen molar-refractivity contribution >= 4 is 40.4 Å². The number of hydrogen-bond donors (Lipinski definition) is 0. The van der Waals surface area contributed by atoms with E-state index >= 15 is 0 Å². The highest BCUT2D eigenvalue weighted by Crippen LogP contribution is 2.34. The first-order valence-electron chi connectivity index (χ1n) is 6.05. The van der Waals surface area contributed by atoms with Gasteiger partial charge in [-0.05, 0) is 18.7 Å². The van der Waals surface area contributed by atoms with E-state index in [-0.39, 0.29) is 0 Å². The summed E-state index contributed by atoms with van der Waals surface area (Å²) >= 11 is 12.2. The van der Waals surface area contributed by atoms with Crippen molar-refractivity contribution in [2.45, 2.75) is 13.0 Å². The molecule has 5 heteroatoms. The normalized spacial score (nSPS) is 15.5. The van der Waals surface area contributed by atoms with E-state index in [4.69, 9.17) is 23.2 Å². The fraction of sp³-hybridized carbons (Fsp3) is 0.286. The summed E-state index contributed by atoms with van der Waals surface area (Å²) in [6.07, 6.45) is 1.72. The first-order chi connectivity index (χ1) is 9.11. The molecule has 3 nitrogen and oxygen atoms in total. The number of benzene rings is 1. The average molecular weight is 295 g/mol. The van der Waals surface area contributed by atoms with Crippen molar-refractivity contribution in [1.29, 1.82) is 0 Å². The van der Waals surface area contributed by atoms with Crippen LogP contribution in [0.5, 0.6) is 0 Å². The highest BCUT2D eigenvalue weighted by molar-refractivity contribution is 6.45. The molecule has 0 radical (unpaired) electrons. The van der Waals surface area contributed by atoms with Gasteiger partial charge in [-0.3, -0.25) is 9.78 Å². The van der Waals surface area contributed by atoms with E-state index in [0.717, 1.165) is 42.4 Å². The number of aromatic nitrogens is 1. The van der Waals surface area contributed by atoms with Gasteiger partial charge in [-0.2, -0.15) is 0 Å². The van der Waals surface area contributed by atoms with Crippen LogP contribution < -0.4 is 0 Å². The van der Waals surface area contributed by atoms with Crippen LogP contribution in [-0.2, 0) is 13.0 Å². The van der Waals surface area contributed by atoms with Gasteiger partial charge in [-0.15, -0.1) is 0 Å². The SMILES string of the molecule is CN1CCc2nc3c(Cl)c(Cl)ccc3c(C=O)c2C1. The van der Waals surface area contributed by atoms with Gasteiger partial charge in [-0.1, -0.05) is 29.3 Å². The molecule has 0 amide bonds. The third-order valence-corrected chi connectivity index (χ3v) is 4.35. The van der Waals surface area contributed by atoms with E-state index in [9.17, 15) is 4.79 Å². The first kappa shape index (κ1) is 12.9. The summed E-state index contributed by atoms with van der Waals surface area (Å²) < 4.78 is 0. The molecule has 1 aliphatic heterocycles. The Morgan fingerprint density at radius 3 is 2.89 bits per heavy atom. The van der Waals surface area contributed by atoms with Gasteiger partial charge in [0.15, 0.2) is 6.29 Å². The minimum atomic E-state index is 0.420. The van der Waals surface area contributed by atoms with Gasteiger partial charge < -0.3 is 4.90 Å². The number of carbonyl (C=O) groups is 1. The molecule has 2 aromatic rings.